The molecular formula is C59H80N2Ni. The molecule has 4 aromatic carbocycles. The second-order valence-corrected chi connectivity index (χ2v) is 17.9. The SMILES string of the molecule is CCCCCCCCCCCCC#CCCCc1ccccc1C(=C(CCCC)C(=C=[N+]=[N-])CCCC)c1ccc(CCCC)cc1.c1ccc([CH2][Ni][CH2]c2ccccc2)cc1. The zero-order valence-electron chi connectivity index (χ0n) is 39.3. The molecule has 0 aliphatic heterocycles. The Hall–Kier alpha value is -4.17. The van der Waals surface area contributed by atoms with Crippen molar-refractivity contribution in [2.24, 2.45) is 0 Å². The zero-order chi connectivity index (χ0) is 44.1. The summed E-state index contributed by atoms with van der Waals surface area (Å²) in [7, 11) is 0. The Balaban J connectivity index is 0.000000566. The van der Waals surface area contributed by atoms with E-state index in [0.717, 1.165) is 87.0 Å². The Bertz CT molecular complexity index is 1880. The molecule has 0 fully saturated rings. The van der Waals surface area contributed by atoms with Crippen molar-refractivity contribution in [3.63, 3.8) is 0 Å². The summed E-state index contributed by atoms with van der Waals surface area (Å²) in [5.41, 5.74) is 21.4. The van der Waals surface area contributed by atoms with Gasteiger partial charge in [0.25, 0.3) is 0 Å². The van der Waals surface area contributed by atoms with Crippen molar-refractivity contribution in [3.8, 4) is 11.8 Å². The summed E-state index contributed by atoms with van der Waals surface area (Å²) in [6.45, 7) is 9.01. The van der Waals surface area contributed by atoms with Crippen LogP contribution < -0.4 is 0 Å². The predicted molar refractivity (Wildman–Crippen MR) is 266 cm³/mol. The molecule has 4 rings (SSSR count). The van der Waals surface area contributed by atoms with Gasteiger partial charge in [-0.3, -0.25) is 0 Å². The number of aryl methyl sites for hydroxylation is 2. The molecule has 62 heavy (non-hydrogen) atoms. The molecule has 0 saturated heterocycles. The second-order valence-electron chi connectivity index (χ2n) is 16.7. The van der Waals surface area contributed by atoms with Crippen molar-refractivity contribution in [1.82, 2.24) is 0 Å². The average Bonchev–Trinajstić information content (AvgIpc) is 3.31. The van der Waals surface area contributed by atoms with Gasteiger partial charge in [0.2, 0.25) is 0 Å². The molecule has 0 spiro atoms. The molecule has 0 aliphatic rings. The van der Waals surface area contributed by atoms with E-state index >= 15 is 0 Å². The van der Waals surface area contributed by atoms with E-state index in [4.69, 9.17) is 0 Å². The summed E-state index contributed by atoms with van der Waals surface area (Å²) in [6.07, 6.45) is 27.5. The van der Waals surface area contributed by atoms with E-state index in [-0.39, 0.29) is 0 Å². The maximum atomic E-state index is 9.67. The van der Waals surface area contributed by atoms with Crippen LogP contribution in [-0.2, 0) is 38.1 Å². The first-order chi connectivity index (χ1) is 30.6. The third kappa shape index (κ3) is 22.3. The average molecular weight is 876 g/mol. The molecule has 0 unspecified atom stereocenters. The van der Waals surface area contributed by atoms with E-state index in [1.54, 1.807) is 14.4 Å². The van der Waals surface area contributed by atoms with Crippen molar-refractivity contribution >= 4 is 11.4 Å². The van der Waals surface area contributed by atoms with Crippen molar-refractivity contribution in [1.29, 1.82) is 0 Å². The molecule has 0 N–H and O–H groups in total. The first kappa shape index (κ1) is 52.2. The maximum absolute atomic E-state index is 9.67. The van der Waals surface area contributed by atoms with Crippen LogP contribution >= 0.6 is 0 Å². The Morgan fingerprint density at radius 3 is 1.58 bits per heavy atom. The minimum absolute atomic E-state index is 0.870. The minimum atomic E-state index is 0.870. The van der Waals surface area contributed by atoms with Crippen LogP contribution in [0.4, 0.5) is 0 Å². The van der Waals surface area contributed by atoms with Gasteiger partial charge in [-0.25, -0.2) is 0 Å². The molecule has 0 atom stereocenters. The molecule has 0 bridgehead atoms. The van der Waals surface area contributed by atoms with E-state index < -0.39 is 0 Å². The van der Waals surface area contributed by atoms with E-state index in [2.05, 4.69) is 159 Å². The van der Waals surface area contributed by atoms with Gasteiger partial charge in [-0.1, -0.05) is 153 Å². The predicted octanol–water partition coefficient (Wildman–Crippen LogP) is 17.1. The van der Waals surface area contributed by atoms with Crippen LogP contribution in [0.15, 0.2) is 120 Å². The number of rotatable bonds is 29. The number of hydrogen-bond donors (Lipinski definition) is 0. The Labute approximate surface area is 386 Å². The quantitative estimate of drug-likeness (QED) is 0.00991. The van der Waals surface area contributed by atoms with Crippen LogP contribution in [0.3, 0.4) is 0 Å². The molecule has 4 aromatic rings. The molecule has 336 valence electrons. The zero-order valence-corrected chi connectivity index (χ0v) is 40.3. The van der Waals surface area contributed by atoms with Gasteiger partial charge < -0.3 is 5.53 Å². The fraction of sp³-hybridized carbons (Fsp3) is 0.492. The number of hydrogen-bond acceptors (Lipinski definition) is 0. The molecule has 2 nitrogen and oxygen atoms in total. The Kier molecular flexibility index (Phi) is 29.7. The van der Waals surface area contributed by atoms with E-state index in [1.807, 2.05) is 0 Å². The van der Waals surface area contributed by atoms with Gasteiger partial charge in [-0.05, 0) is 91.2 Å². The first-order valence-corrected chi connectivity index (χ1v) is 25.9. The fourth-order valence-corrected chi connectivity index (χ4v) is 8.89. The van der Waals surface area contributed by atoms with Gasteiger partial charge in [0.15, 0.2) is 0 Å². The van der Waals surface area contributed by atoms with Gasteiger partial charge in [0, 0.05) is 12.8 Å². The monoisotopic (exact) mass is 875 g/mol. The van der Waals surface area contributed by atoms with E-state index in [9.17, 15) is 5.53 Å². The normalized spacial score (nSPS) is 11.1. The summed E-state index contributed by atoms with van der Waals surface area (Å²) in [5, 5.41) is 2.23. The van der Waals surface area contributed by atoms with Gasteiger partial charge >= 0.3 is 103 Å². The van der Waals surface area contributed by atoms with Crippen LogP contribution in [0.2, 0.25) is 0 Å². The second kappa shape index (κ2) is 35.3. The molecule has 3 heteroatoms. The van der Waals surface area contributed by atoms with Crippen LogP contribution in [0.25, 0.3) is 11.1 Å². The number of benzene rings is 4. The molecule has 0 aromatic heterocycles. The van der Waals surface area contributed by atoms with E-state index in [0.29, 0.717) is 0 Å². The molecule has 0 heterocycles. The summed E-state index contributed by atoms with van der Waals surface area (Å²) in [4.78, 5) is 3.44. The van der Waals surface area contributed by atoms with E-state index in [1.165, 1.54) is 122 Å². The third-order valence-electron chi connectivity index (χ3n) is 11.4. The standard InChI is InChI=1S/C45H66N2.2C7H7.Ni/c1-5-9-13-14-15-16-17-18-19-20-21-22-23-24-25-30-40-31-26-27-33-43(40)45(41-36-34-39(35-37-41)28-10-6-2)44(32-12-8-4)42(38-47-46)29-11-7-3;2*1-7-5-3-2-4-6-7;/h26-27,31,33-37H,5-21,24-25,28-30,32H2,1-4H3;2*2-6H,1H2;. The topological polar surface area (TPSA) is 36.4 Å². The number of unbranched alkanes of at least 4 members (excludes halogenated alkanes) is 14. The van der Waals surface area contributed by atoms with Crippen LogP contribution in [0.1, 0.15) is 196 Å². The van der Waals surface area contributed by atoms with Gasteiger partial charge in [-0.2, -0.15) is 0 Å². The summed E-state index contributed by atoms with van der Waals surface area (Å²) >= 11 is 1.78. The van der Waals surface area contributed by atoms with Gasteiger partial charge in [0.1, 0.15) is 0 Å². The van der Waals surface area contributed by atoms with Crippen molar-refractivity contribution < 1.29 is 19.2 Å². The van der Waals surface area contributed by atoms with Crippen LogP contribution in [0.5, 0.6) is 0 Å². The summed E-state index contributed by atoms with van der Waals surface area (Å²) in [5.74, 6) is 9.97. The number of allylic oxidation sites excluding steroid dienone is 2. The summed E-state index contributed by atoms with van der Waals surface area (Å²) < 4.78 is 0. The van der Waals surface area contributed by atoms with Crippen molar-refractivity contribution in [3.05, 3.63) is 159 Å². The Morgan fingerprint density at radius 1 is 0.484 bits per heavy atom. The van der Waals surface area contributed by atoms with Crippen molar-refractivity contribution in [2.75, 3.05) is 0 Å². The fourth-order valence-electron chi connectivity index (χ4n) is 7.73. The van der Waals surface area contributed by atoms with Gasteiger partial charge in [-0.15, -0.1) is 16.6 Å². The molecular weight excluding hydrogens is 795 g/mol. The Morgan fingerprint density at radius 2 is 1.00 bits per heavy atom. The third-order valence-corrected chi connectivity index (χ3v) is 12.7. The van der Waals surface area contributed by atoms with Gasteiger partial charge in [0.05, 0.1) is 5.57 Å². The van der Waals surface area contributed by atoms with Crippen LogP contribution in [-0.4, -0.2) is 10.7 Å². The molecule has 0 radical (unpaired) electrons. The van der Waals surface area contributed by atoms with Crippen molar-refractivity contribution in [2.45, 2.75) is 186 Å². The molecule has 0 amide bonds. The first-order valence-electron chi connectivity index (χ1n) is 24.5. The molecule has 0 aliphatic carbocycles. The number of nitrogens with zero attached hydrogens (tertiary/aromatic N) is 2. The molecule has 0 saturated carbocycles. The summed E-state index contributed by atoms with van der Waals surface area (Å²) in [6, 6.07) is 39.5. The van der Waals surface area contributed by atoms with Crippen LogP contribution in [0, 0.1) is 11.8 Å².